The van der Waals surface area contributed by atoms with E-state index in [1.807, 2.05) is 6.92 Å². The lowest BCUT2D eigenvalue weighted by atomic mass is 10.5. The van der Waals surface area contributed by atoms with Crippen molar-refractivity contribution in [3.8, 4) is 0 Å². The van der Waals surface area contributed by atoms with Crippen LogP contribution in [-0.4, -0.2) is 0 Å². The Morgan fingerprint density at radius 1 is 1.18 bits per heavy atom. The Morgan fingerprint density at radius 3 is 2.45 bits per heavy atom. The first-order chi connectivity index (χ1) is 5.31. The first-order valence-electron chi connectivity index (χ1n) is 3.35. The van der Waals surface area contributed by atoms with E-state index in [-0.39, 0.29) is 0 Å². The normalized spacial score (nSPS) is 13.4. The lowest BCUT2D eigenvalue weighted by Gasteiger charge is -1.66. The van der Waals surface area contributed by atoms with Gasteiger partial charge in [0.25, 0.3) is 0 Å². The van der Waals surface area contributed by atoms with E-state index in [4.69, 9.17) is 0 Å². The molecule has 58 valence electrons. The highest BCUT2D eigenvalue weighted by molar-refractivity contribution is 7.51. The zero-order chi connectivity index (χ0) is 8.53. The summed E-state index contributed by atoms with van der Waals surface area (Å²) in [6.45, 7) is 5.35. The highest BCUT2D eigenvalue weighted by Crippen LogP contribution is 2.23. The van der Waals surface area contributed by atoms with E-state index >= 15 is 0 Å². The van der Waals surface area contributed by atoms with Gasteiger partial charge in [-0.25, -0.2) is 0 Å². The van der Waals surface area contributed by atoms with Crippen LogP contribution in [0.5, 0.6) is 0 Å². The predicted molar refractivity (Wildman–Crippen MR) is 50.9 cm³/mol. The molecule has 0 aromatic carbocycles. The van der Waals surface area contributed by atoms with Gasteiger partial charge >= 0.3 is 7.80 Å². The highest BCUT2D eigenvalue weighted by atomic mass is 31.1. The number of rotatable bonds is 4. The third kappa shape index (κ3) is 6.95. The summed E-state index contributed by atoms with van der Waals surface area (Å²) >= 11 is 0. The monoisotopic (exact) mass is 167 g/mol. The minimum absolute atomic E-state index is 1.29. The van der Waals surface area contributed by atoms with Crippen LogP contribution < -0.4 is 0 Å². The van der Waals surface area contributed by atoms with Crippen LogP contribution in [0.3, 0.4) is 0 Å². The lowest BCUT2D eigenvalue weighted by molar-refractivity contribution is 0.597. The largest absolute Gasteiger partial charge is 0.399 e. The zero-order valence-corrected chi connectivity index (χ0v) is 7.50. The Balaban J connectivity index is 3.83. The van der Waals surface area contributed by atoms with Gasteiger partial charge < -0.3 is 0 Å². The fraction of sp³-hybridized carbons (Fsp3) is 0.111. The summed E-state index contributed by atoms with van der Waals surface area (Å²) in [6, 6.07) is 0. The molecule has 2 heteroatoms. The summed E-state index contributed by atoms with van der Waals surface area (Å²) in [7, 11) is -1.29. The van der Waals surface area contributed by atoms with Crippen LogP contribution in [0, 0.1) is 0 Å². The van der Waals surface area contributed by atoms with E-state index in [1.165, 1.54) is 0 Å². The fourth-order valence-corrected chi connectivity index (χ4v) is 1.14. The van der Waals surface area contributed by atoms with Crippen molar-refractivity contribution in [1.82, 2.24) is 0 Å². The van der Waals surface area contributed by atoms with Gasteiger partial charge in [-0.15, -0.1) is 0 Å². The van der Waals surface area contributed by atoms with Gasteiger partial charge in [-0.05, 0) is 19.1 Å². The van der Waals surface area contributed by atoms with E-state index in [1.54, 1.807) is 42.0 Å². The molecule has 0 bridgehead atoms. The van der Waals surface area contributed by atoms with Crippen molar-refractivity contribution >= 4 is 7.80 Å². The van der Waals surface area contributed by atoms with Crippen LogP contribution in [0.25, 0.3) is 0 Å². The summed E-state index contributed by atoms with van der Waals surface area (Å²) in [6.07, 6.45) is 8.78. The van der Waals surface area contributed by atoms with E-state index in [0.29, 0.717) is 0 Å². The molecule has 0 saturated heterocycles. The maximum absolute atomic E-state index is 10.9. The average molecular weight is 167 g/mol. The van der Waals surface area contributed by atoms with E-state index in [0.717, 1.165) is 0 Å². The SMILES string of the molecule is C=C/C=C\C=C\[P+](=O)/C=C/C. The summed E-state index contributed by atoms with van der Waals surface area (Å²) in [5, 5.41) is 0. The van der Waals surface area contributed by atoms with Crippen molar-refractivity contribution in [2.45, 2.75) is 6.92 Å². The molecule has 0 aromatic rings. The Kier molecular flexibility index (Phi) is 6.56. The molecule has 0 radical (unpaired) electrons. The predicted octanol–water partition coefficient (Wildman–Crippen LogP) is 3.60. The Labute approximate surface area is 68.6 Å². The number of allylic oxidation sites excluding steroid dienone is 5. The molecule has 0 saturated carbocycles. The maximum atomic E-state index is 10.9. The molecule has 1 atom stereocenters. The molecule has 11 heavy (non-hydrogen) atoms. The Bertz CT molecular complexity index is 212. The molecule has 0 fully saturated rings. The van der Waals surface area contributed by atoms with Gasteiger partial charge in [-0.3, -0.25) is 0 Å². The third-order valence-corrected chi connectivity index (χ3v) is 1.95. The second-order valence-electron chi connectivity index (χ2n) is 1.80. The molecule has 0 heterocycles. The van der Waals surface area contributed by atoms with Gasteiger partial charge in [0.2, 0.25) is 0 Å². The van der Waals surface area contributed by atoms with Crippen LogP contribution in [-0.2, 0) is 4.57 Å². The quantitative estimate of drug-likeness (QED) is 0.461. The molecule has 0 aliphatic rings. The number of hydrogen-bond donors (Lipinski definition) is 0. The van der Waals surface area contributed by atoms with E-state index in [2.05, 4.69) is 6.58 Å². The van der Waals surface area contributed by atoms with Crippen LogP contribution in [0.4, 0.5) is 0 Å². The molecule has 0 N–H and O–H groups in total. The van der Waals surface area contributed by atoms with Gasteiger partial charge in [-0.1, -0.05) is 29.4 Å². The minimum atomic E-state index is -1.29. The fourth-order valence-electron chi connectivity index (χ4n) is 0.474. The van der Waals surface area contributed by atoms with Gasteiger partial charge in [0, 0.05) is 0 Å². The van der Waals surface area contributed by atoms with E-state index < -0.39 is 7.80 Å². The maximum Gasteiger partial charge on any atom is 0.399 e. The van der Waals surface area contributed by atoms with Gasteiger partial charge in [0.05, 0.1) is 0 Å². The topological polar surface area (TPSA) is 17.1 Å². The first kappa shape index (κ1) is 10.1. The van der Waals surface area contributed by atoms with Crippen molar-refractivity contribution in [2.24, 2.45) is 0 Å². The first-order valence-corrected chi connectivity index (χ1v) is 4.75. The summed E-state index contributed by atoms with van der Waals surface area (Å²) in [4.78, 5) is 0. The Hall–Kier alpha value is -0.940. The Morgan fingerprint density at radius 2 is 1.91 bits per heavy atom. The molecule has 0 aliphatic heterocycles. The van der Waals surface area contributed by atoms with Gasteiger partial charge in [0.1, 0.15) is 0 Å². The molecular weight excluding hydrogens is 155 g/mol. The molecule has 1 nitrogen and oxygen atoms in total. The standard InChI is InChI=1S/C9H12OP/c1-3-5-6-7-9-11(10)8-4-2/h3-9H,1H2,2H3/q+1/b6-5-,8-4+,9-7+. The molecule has 0 aromatic heterocycles. The molecule has 1 unspecified atom stereocenters. The van der Waals surface area contributed by atoms with Crippen LogP contribution in [0.15, 0.2) is 48.6 Å². The van der Waals surface area contributed by atoms with Gasteiger partial charge in [0.15, 0.2) is 11.6 Å². The average Bonchev–Trinajstić information content (AvgIpc) is 1.99. The smallest absolute Gasteiger partial charge is 0.0991 e. The van der Waals surface area contributed by atoms with Crippen molar-refractivity contribution in [3.05, 3.63) is 48.6 Å². The highest BCUT2D eigenvalue weighted by Gasteiger charge is 1.99. The minimum Gasteiger partial charge on any atom is -0.0991 e. The molecule has 0 spiro atoms. The van der Waals surface area contributed by atoms with Crippen LogP contribution in [0.2, 0.25) is 0 Å². The summed E-state index contributed by atoms with van der Waals surface area (Å²) < 4.78 is 10.9. The van der Waals surface area contributed by atoms with E-state index in [9.17, 15) is 4.57 Å². The molecule has 0 rings (SSSR count). The van der Waals surface area contributed by atoms with Gasteiger partial charge in [-0.2, -0.15) is 0 Å². The summed E-state index contributed by atoms with van der Waals surface area (Å²) in [5.74, 6) is 3.31. The third-order valence-electron chi connectivity index (χ3n) is 0.887. The molecule has 0 amide bonds. The molecular formula is C9H12OP+. The van der Waals surface area contributed by atoms with Crippen molar-refractivity contribution < 1.29 is 4.57 Å². The molecule has 0 aliphatic carbocycles. The van der Waals surface area contributed by atoms with Crippen LogP contribution >= 0.6 is 7.80 Å². The summed E-state index contributed by atoms with van der Waals surface area (Å²) in [5.41, 5.74) is 0. The van der Waals surface area contributed by atoms with Crippen molar-refractivity contribution in [1.29, 1.82) is 0 Å². The van der Waals surface area contributed by atoms with Crippen molar-refractivity contribution in [3.63, 3.8) is 0 Å². The van der Waals surface area contributed by atoms with Crippen LogP contribution in [0.1, 0.15) is 6.92 Å². The lowest BCUT2D eigenvalue weighted by Crippen LogP contribution is -1.48. The zero-order valence-electron chi connectivity index (χ0n) is 6.60. The second-order valence-corrected chi connectivity index (χ2v) is 3.12. The number of hydrogen-bond acceptors (Lipinski definition) is 1. The second kappa shape index (κ2) is 7.17. The van der Waals surface area contributed by atoms with Crippen molar-refractivity contribution in [2.75, 3.05) is 0 Å².